The van der Waals surface area contributed by atoms with E-state index in [9.17, 15) is 4.39 Å². The van der Waals surface area contributed by atoms with Gasteiger partial charge in [0.25, 0.3) is 0 Å². The average Bonchev–Trinajstić information content (AvgIpc) is 2.69. The molecule has 0 bridgehead atoms. The third kappa shape index (κ3) is 3.75. The number of hydrogen-bond donors (Lipinski definition) is 1. The fourth-order valence-electron chi connectivity index (χ4n) is 3.40. The molecule has 3 aromatic rings. The Morgan fingerprint density at radius 1 is 1.08 bits per heavy atom. The van der Waals surface area contributed by atoms with Crippen LogP contribution < -0.4 is 10.1 Å². The molecule has 1 aliphatic rings. The summed E-state index contributed by atoms with van der Waals surface area (Å²) in [5, 5.41) is 3.45. The second-order valence-corrected chi connectivity index (χ2v) is 6.56. The van der Waals surface area contributed by atoms with Crippen LogP contribution >= 0.6 is 0 Å². The van der Waals surface area contributed by atoms with E-state index in [0.29, 0.717) is 0 Å². The molecule has 1 N–H and O–H groups in total. The lowest BCUT2D eigenvalue weighted by Gasteiger charge is -2.28. The number of hydrogen-bond acceptors (Lipinski definition) is 3. The van der Waals surface area contributed by atoms with Gasteiger partial charge in [-0.3, -0.25) is 4.98 Å². The number of fused-ring (bicyclic) bond motifs is 1. The molecular formula is C22H21FN2O. The van der Waals surface area contributed by atoms with Gasteiger partial charge >= 0.3 is 0 Å². The van der Waals surface area contributed by atoms with Crippen molar-refractivity contribution in [3.63, 3.8) is 0 Å². The van der Waals surface area contributed by atoms with Crippen LogP contribution in [-0.2, 0) is 13.0 Å². The molecule has 1 aliphatic heterocycles. The van der Waals surface area contributed by atoms with Crippen molar-refractivity contribution in [3.05, 3.63) is 83.9 Å². The molecule has 1 aromatic heterocycles. The summed E-state index contributed by atoms with van der Waals surface area (Å²) in [6.07, 6.45) is 5.73. The maximum atomic E-state index is 13.2. The molecule has 2 heterocycles. The average molecular weight is 348 g/mol. The topological polar surface area (TPSA) is 34.2 Å². The SMILES string of the molecule is Fc1ccc(-c2cccc3c2CCC(CNCc2cccnc2)O3)cc1. The summed E-state index contributed by atoms with van der Waals surface area (Å²) >= 11 is 0. The smallest absolute Gasteiger partial charge is 0.123 e. The van der Waals surface area contributed by atoms with Crippen molar-refractivity contribution in [3.8, 4) is 16.9 Å². The van der Waals surface area contributed by atoms with E-state index in [0.717, 1.165) is 42.8 Å². The number of benzene rings is 2. The van der Waals surface area contributed by atoms with Crippen molar-refractivity contribution in [2.45, 2.75) is 25.5 Å². The molecule has 0 spiro atoms. The van der Waals surface area contributed by atoms with Crippen LogP contribution in [0.2, 0.25) is 0 Å². The third-order valence-electron chi connectivity index (χ3n) is 4.72. The number of ether oxygens (including phenoxy) is 1. The van der Waals surface area contributed by atoms with E-state index in [1.165, 1.54) is 23.3 Å². The Balaban J connectivity index is 1.43. The molecule has 0 radical (unpaired) electrons. The van der Waals surface area contributed by atoms with Gasteiger partial charge in [0.1, 0.15) is 17.7 Å². The van der Waals surface area contributed by atoms with E-state index in [2.05, 4.69) is 22.4 Å². The lowest BCUT2D eigenvalue weighted by molar-refractivity contribution is 0.170. The zero-order valence-electron chi connectivity index (χ0n) is 14.5. The van der Waals surface area contributed by atoms with Crippen LogP contribution in [0.3, 0.4) is 0 Å². The summed E-state index contributed by atoms with van der Waals surface area (Å²) in [5.74, 6) is 0.723. The first kappa shape index (κ1) is 16.7. The first-order valence-corrected chi connectivity index (χ1v) is 8.94. The molecule has 2 aromatic carbocycles. The van der Waals surface area contributed by atoms with E-state index < -0.39 is 0 Å². The maximum absolute atomic E-state index is 13.2. The molecule has 26 heavy (non-hydrogen) atoms. The number of rotatable bonds is 5. The van der Waals surface area contributed by atoms with Crippen molar-refractivity contribution in [1.82, 2.24) is 10.3 Å². The molecule has 1 atom stereocenters. The van der Waals surface area contributed by atoms with Crippen molar-refractivity contribution >= 4 is 0 Å². The van der Waals surface area contributed by atoms with Gasteiger partial charge in [-0.15, -0.1) is 0 Å². The van der Waals surface area contributed by atoms with Gasteiger partial charge in [0.05, 0.1) is 0 Å². The minimum absolute atomic E-state index is 0.155. The second kappa shape index (κ2) is 7.67. The van der Waals surface area contributed by atoms with E-state index >= 15 is 0 Å². The van der Waals surface area contributed by atoms with Crippen molar-refractivity contribution in [2.75, 3.05) is 6.54 Å². The Morgan fingerprint density at radius 2 is 1.96 bits per heavy atom. The number of pyridine rings is 1. The van der Waals surface area contributed by atoms with Gasteiger partial charge < -0.3 is 10.1 Å². The summed E-state index contributed by atoms with van der Waals surface area (Å²) in [6, 6.07) is 16.8. The Morgan fingerprint density at radius 3 is 2.77 bits per heavy atom. The van der Waals surface area contributed by atoms with Crippen LogP contribution in [-0.4, -0.2) is 17.6 Å². The van der Waals surface area contributed by atoms with Gasteiger partial charge in [-0.25, -0.2) is 4.39 Å². The van der Waals surface area contributed by atoms with Crippen LogP contribution in [0.5, 0.6) is 5.75 Å². The minimum atomic E-state index is -0.213. The number of nitrogens with zero attached hydrogens (tertiary/aromatic N) is 1. The molecule has 0 aliphatic carbocycles. The molecule has 4 rings (SSSR count). The van der Waals surface area contributed by atoms with Gasteiger partial charge in [0.15, 0.2) is 0 Å². The van der Waals surface area contributed by atoms with Crippen LogP contribution in [0, 0.1) is 5.82 Å². The van der Waals surface area contributed by atoms with Crippen molar-refractivity contribution in [1.29, 1.82) is 0 Å². The van der Waals surface area contributed by atoms with Gasteiger partial charge in [0, 0.05) is 31.0 Å². The predicted molar refractivity (Wildman–Crippen MR) is 101 cm³/mol. The number of halogens is 1. The van der Waals surface area contributed by atoms with Crippen molar-refractivity contribution < 1.29 is 9.13 Å². The zero-order valence-corrected chi connectivity index (χ0v) is 14.5. The minimum Gasteiger partial charge on any atom is -0.489 e. The maximum Gasteiger partial charge on any atom is 0.123 e. The monoisotopic (exact) mass is 348 g/mol. The van der Waals surface area contributed by atoms with Gasteiger partial charge in [-0.05, 0) is 53.8 Å². The molecule has 0 amide bonds. The molecule has 4 heteroatoms. The highest BCUT2D eigenvalue weighted by Gasteiger charge is 2.22. The molecule has 1 unspecified atom stereocenters. The fraction of sp³-hybridized carbons (Fsp3) is 0.227. The Hall–Kier alpha value is -2.72. The second-order valence-electron chi connectivity index (χ2n) is 6.56. The van der Waals surface area contributed by atoms with E-state index in [-0.39, 0.29) is 11.9 Å². The lowest BCUT2D eigenvalue weighted by Crippen LogP contribution is -2.34. The highest BCUT2D eigenvalue weighted by Crippen LogP contribution is 2.35. The van der Waals surface area contributed by atoms with E-state index in [4.69, 9.17) is 4.74 Å². The van der Waals surface area contributed by atoms with Crippen LogP contribution in [0.4, 0.5) is 4.39 Å². The predicted octanol–water partition coefficient (Wildman–Crippen LogP) is 4.37. The Kier molecular flexibility index (Phi) is 4.93. The standard InChI is InChI=1S/C22H21FN2O/c23-18-8-6-17(7-9-18)20-4-1-5-22-21(20)11-10-19(26-22)15-25-14-16-3-2-12-24-13-16/h1-9,12-13,19,25H,10-11,14-15H2. The summed E-state index contributed by atoms with van der Waals surface area (Å²) in [4.78, 5) is 4.13. The molecular weight excluding hydrogens is 327 g/mol. The molecule has 0 saturated carbocycles. The van der Waals surface area contributed by atoms with Crippen LogP contribution in [0.1, 0.15) is 17.5 Å². The van der Waals surface area contributed by atoms with E-state index in [1.54, 1.807) is 6.20 Å². The first-order valence-electron chi connectivity index (χ1n) is 8.94. The fourth-order valence-corrected chi connectivity index (χ4v) is 3.40. The largest absolute Gasteiger partial charge is 0.489 e. The lowest BCUT2D eigenvalue weighted by atomic mass is 9.93. The highest BCUT2D eigenvalue weighted by molar-refractivity contribution is 5.70. The van der Waals surface area contributed by atoms with Gasteiger partial charge in [-0.2, -0.15) is 0 Å². The molecule has 132 valence electrons. The Labute approximate surface area is 152 Å². The first-order chi connectivity index (χ1) is 12.8. The molecule has 3 nitrogen and oxygen atoms in total. The Bertz CT molecular complexity index is 865. The summed E-state index contributed by atoms with van der Waals surface area (Å²) in [6.45, 7) is 1.59. The van der Waals surface area contributed by atoms with Crippen molar-refractivity contribution in [2.24, 2.45) is 0 Å². The zero-order chi connectivity index (χ0) is 17.8. The van der Waals surface area contributed by atoms with Crippen LogP contribution in [0.25, 0.3) is 11.1 Å². The number of nitrogens with one attached hydrogen (secondary N) is 1. The quantitative estimate of drug-likeness (QED) is 0.743. The molecule has 0 saturated heterocycles. The summed E-state index contributed by atoms with van der Waals surface area (Å²) in [7, 11) is 0. The highest BCUT2D eigenvalue weighted by atomic mass is 19.1. The van der Waals surface area contributed by atoms with Gasteiger partial charge in [0.2, 0.25) is 0 Å². The van der Waals surface area contributed by atoms with E-state index in [1.807, 2.05) is 36.5 Å². The van der Waals surface area contributed by atoms with Gasteiger partial charge in [-0.1, -0.05) is 30.3 Å². The third-order valence-corrected chi connectivity index (χ3v) is 4.72. The molecule has 0 fully saturated rings. The summed E-state index contributed by atoms with van der Waals surface area (Å²) < 4.78 is 19.4. The normalized spacial score (nSPS) is 16.0. The van der Waals surface area contributed by atoms with Crippen LogP contribution in [0.15, 0.2) is 67.0 Å². The number of aromatic nitrogens is 1. The summed E-state index contributed by atoms with van der Waals surface area (Å²) in [5.41, 5.74) is 4.54.